The number of anilines is 3. The van der Waals surface area contributed by atoms with E-state index >= 15 is 0 Å². The van der Waals surface area contributed by atoms with Crippen molar-refractivity contribution in [3.05, 3.63) is 66.1 Å². The number of hydrogen-bond acceptors (Lipinski definition) is 9. The Morgan fingerprint density at radius 3 is 2.79 bits per heavy atom. The first kappa shape index (κ1) is 28.4. The van der Waals surface area contributed by atoms with Crippen LogP contribution in [0.5, 0.6) is 5.75 Å². The Hall–Kier alpha value is -5.11. The minimum absolute atomic E-state index is 0.0721. The van der Waals surface area contributed by atoms with Crippen molar-refractivity contribution < 1.29 is 28.2 Å². The molecule has 0 saturated heterocycles. The number of carbonyl (C=O) groups excluding carboxylic acids is 3. The monoisotopic (exact) mass is 578 g/mol. The Morgan fingerprint density at radius 1 is 1.17 bits per heavy atom. The fourth-order valence-corrected chi connectivity index (χ4v) is 4.71. The van der Waals surface area contributed by atoms with Gasteiger partial charge in [0.1, 0.15) is 11.5 Å². The van der Waals surface area contributed by atoms with Crippen molar-refractivity contribution in [3.8, 4) is 17.0 Å². The Bertz CT molecular complexity index is 1540. The lowest BCUT2D eigenvalue weighted by Crippen LogP contribution is -2.40. The van der Waals surface area contributed by atoms with E-state index in [1.54, 1.807) is 36.5 Å². The molecule has 3 heterocycles. The second kappa shape index (κ2) is 12.2. The van der Waals surface area contributed by atoms with Crippen LogP contribution in [0, 0.1) is 11.7 Å². The van der Waals surface area contributed by atoms with E-state index in [2.05, 4.69) is 41.6 Å². The molecule has 220 valence electrons. The molecule has 42 heavy (non-hydrogen) atoms. The van der Waals surface area contributed by atoms with Crippen LogP contribution in [0.4, 0.5) is 26.2 Å². The zero-order valence-electron chi connectivity index (χ0n) is 23.2. The molecule has 3 amide bonds. The van der Waals surface area contributed by atoms with Crippen LogP contribution in [0.1, 0.15) is 38.1 Å². The van der Waals surface area contributed by atoms with E-state index < -0.39 is 23.9 Å². The third-order valence-corrected chi connectivity index (χ3v) is 7.04. The Labute approximate surface area is 240 Å². The largest absolute Gasteiger partial charge is 0.494 e. The van der Waals surface area contributed by atoms with E-state index in [9.17, 15) is 18.8 Å². The van der Waals surface area contributed by atoms with E-state index in [1.807, 2.05) is 6.92 Å². The highest BCUT2D eigenvalue weighted by molar-refractivity contribution is 5.98. The molecule has 1 aromatic heterocycles. The fourth-order valence-electron chi connectivity index (χ4n) is 4.71. The Kier molecular flexibility index (Phi) is 8.24. The zero-order chi connectivity index (χ0) is 29.8. The van der Waals surface area contributed by atoms with E-state index in [-0.39, 0.29) is 29.0 Å². The van der Waals surface area contributed by atoms with Gasteiger partial charge in [0.25, 0.3) is 5.91 Å². The first-order valence-corrected chi connectivity index (χ1v) is 13.3. The number of amides is 3. The summed E-state index contributed by atoms with van der Waals surface area (Å²) in [5.74, 6) is -0.911. The lowest BCUT2D eigenvalue weighted by atomic mass is 9.99. The lowest BCUT2D eigenvalue weighted by molar-refractivity contribution is -0.120. The number of H-pyrrole nitrogens is 1. The van der Waals surface area contributed by atoms with Gasteiger partial charge in [-0.3, -0.25) is 25.3 Å². The van der Waals surface area contributed by atoms with Crippen molar-refractivity contribution in [2.75, 3.05) is 29.9 Å². The van der Waals surface area contributed by atoms with Gasteiger partial charge in [0.2, 0.25) is 5.91 Å². The molecule has 3 aromatic rings. The number of aromatic amines is 1. The average Bonchev–Trinajstić information content (AvgIpc) is 3.67. The average molecular weight is 579 g/mol. The van der Waals surface area contributed by atoms with E-state index in [0.29, 0.717) is 47.7 Å². The number of carbonyl (C=O) groups is 3. The molecule has 2 aromatic carbocycles. The number of nitrogens with zero attached hydrogens (tertiary/aromatic N) is 2. The second-order valence-electron chi connectivity index (χ2n) is 9.85. The molecule has 0 saturated carbocycles. The van der Waals surface area contributed by atoms with Gasteiger partial charge in [0.05, 0.1) is 49.7 Å². The number of imidazole rings is 1. The van der Waals surface area contributed by atoms with E-state index in [0.717, 1.165) is 0 Å². The van der Waals surface area contributed by atoms with Crippen LogP contribution in [0.2, 0.25) is 0 Å². The second-order valence-corrected chi connectivity index (χ2v) is 9.85. The van der Waals surface area contributed by atoms with Crippen molar-refractivity contribution in [3.63, 3.8) is 0 Å². The normalized spacial score (nSPS) is 18.3. The van der Waals surface area contributed by atoms with Crippen LogP contribution in [0.25, 0.3) is 11.3 Å². The summed E-state index contributed by atoms with van der Waals surface area (Å²) in [5.41, 5.74) is 8.05. The van der Waals surface area contributed by atoms with Gasteiger partial charge in [0.15, 0.2) is 11.6 Å². The van der Waals surface area contributed by atoms with Gasteiger partial charge in [-0.1, -0.05) is 19.4 Å². The van der Waals surface area contributed by atoms with Gasteiger partial charge in [-0.2, -0.15) is 0 Å². The lowest BCUT2D eigenvalue weighted by Gasteiger charge is -2.20. The number of halogens is 1. The number of hydrazine groups is 2. The molecule has 5 rings (SSSR count). The molecular weight excluding hydrogens is 547 g/mol. The smallest absolute Gasteiger partial charge is 0.411 e. The summed E-state index contributed by atoms with van der Waals surface area (Å²) in [6.45, 7) is 1.83. The zero-order valence-corrected chi connectivity index (χ0v) is 23.2. The van der Waals surface area contributed by atoms with Gasteiger partial charge in [0, 0.05) is 17.2 Å². The van der Waals surface area contributed by atoms with Crippen molar-refractivity contribution in [2.24, 2.45) is 5.92 Å². The molecule has 2 bridgehead atoms. The maximum atomic E-state index is 14.8. The highest BCUT2D eigenvalue weighted by Crippen LogP contribution is 2.33. The predicted octanol–water partition coefficient (Wildman–Crippen LogP) is 3.69. The van der Waals surface area contributed by atoms with Crippen LogP contribution in [0.15, 0.2) is 54.5 Å². The minimum Gasteiger partial charge on any atom is -0.494 e. The maximum absolute atomic E-state index is 14.8. The van der Waals surface area contributed by atoms with Gasteiger partial charge in [-0.25, -0.2) is 14.2 Å². The Balaban J connectivity index is 1.40. The number of ether oxygens (including phenoxy) is 2. The number of nitrogens with one attached hydrogen (secondary N) is 6. The summed E-state index contributed by atoms with van der Waals surface area (Å²) in [4.78, 5) is 45.8. The van der Waals surface area contributed by atoms with E-state index in [1.165, 1.54) is 31.5 Å². The number of aromatic nitrogens is 2. The van der Waals surface area contributed by atoms with Crippen LogP contribution in [-0.4, -0.2) is 42.1 Å². The van der Waals surface area contributed by atoms with Gasteiger partial charge in [-0.05, 0) is 43.2 Å². The van der Waals surface area contributed by atoms with Crippen LogP contribution in [0.3, 0.4) is 0 Å². The summed E-state index contributed by atoms with van der Waals surface area (Å²) >= 11 is 0. The number of hydrogen-bond donors (Lipinski definition) is 6. The molecule has 14 heteroatoms. The van der Waals surface area contributed by atoms with Crippen LogP contribution >= 0.6 is 0 Å². The standard InChI is InChI=1S/C28H31FN8O5/c1-15-6-4-7-18(33-27(39)21-14-37(36-35-21)22-8-5-9-23(41-2)24(22)29)25-30-13-20(32-25)17-11-10-16(31-28(40)42-3)12-19(17)34-26(15)38/h5,8-15,18,35-36H,4,6-7H2,1-3H3,(H,30,32)(H,31,40)(H,33,39)(H,34,38)/t15-,18+/m1/s1. The maximum Gasteiger partial charge on any atom is 0.411 e. The van der Waals surface area contributed by atoms with E-state index in [4.69, 9.17) is 4.74 Å². The molecule has 0 spiro atoms. The van der Waals surface area contributed by atoms with Crippen molar-refractivity contribution >= 4 is 35.0 Å². The quantitative estimate of drug-likeness (QED) is 0.265. The number of fused-ring (bicyclic) bond motifs is 4. The van der Waals surface area contributed by atoms with Gasteiger partial charge >= 0.3 is 6.09 Å². The molecule has 2 aliphatic heterocycles. The van der Waals surface area contributed by atoms with Gasteiger partial charge < -0.3 is 25.1 Å². The first-order valence-electron chi connectivity index (χ1n) is 13.3. The van der Waals surface area contributed by atoms with Crippen LogP contribution in [-0.2, 0) is 14.3 Å². The summed E-state index contributed by atoms with van der Waals surface area (Å²) < 4.78 is 24.5. The number of methoxy groups -OCH3 is 2. The topological polar surface area (TPSA) is 162 Å². The molecule has 0 unspecified atom stereocenters. The Morgan fingerprint density at radius 2 is 2.00 bits per heavy atom. The molecule has 2 atom stereocenters. The summed E-state index contributed by atoms with van der Waals surface area (Å²) in [6, 6.07) is 9.25. The van der Waals surface area contributed by atoms with Crippen molar-refractivity contribution in [1.82, 2.24) is 26.2 Å². The SMILES string of the molecule is COC(=O)Nc1ccc2c(c1)NC(=O)[C@H](C)CCC[C@H](NC(=O)C1=CN(c3cccc(OC)c3F)NN1)c1ncc-2[nH]1. The fraction of sp³-hybridized carbons (Fsp3) is 0.286. The van der Waals surface area contributed by atoms with Crippen molar-refractivity contribution in [1.29, 1.82) is 0 Å². The molecular formula is C28H31FN8O5. The summed E-state index contributed by atoms with van der Waals surface area (Å²) in [6.07, 6.45) is 4.13. The summed E-state index contributed by atoms with van der Waals surface area (Å²) in [7, 11) is 2.64. The predicted molar refractivity (Wildman–Crippen MR) is 152 cm³/mol. The highest BCUT2D eigenvalue weighted by Gasteiger charge is 2.27. The molecule has 2 aliphatic rings. The third-order valence-electron chi connectivity index (χ3n) is 7.04. The summed E-state index contributed by atoms with van der Waals surface area (Å²) in [5, 5.41) is 9.90. The number of rotatable bonds is 5. The third kappa shape index (κ3) is 5.98. The van der Waals surface area contributed by atoms with Crippen LogP contribution < -0.4 is 36.7 Å². The molecule has 0 radical (unpaired) electrons. The van der Waals surface area contributed by atoms with Crippen molar-refractivity contribution in [2.45, 2.75) is 32.2 Å². The molecule has 0 fully saturated rings. The molecule has 6 N–H and O–H groups in total. The molecule has 0 aliphatic carbocycles. The highest BCUT2D eigenvalue weighted by atomic mass is 19.1. The minimum atomic E-state index is -0.635. The first-order chi connectivity index (χ1) is 20.3. The molecule has 13 nitrogen and oxygen atoms in total. The van der Waals surface area contributed by atoms with Gasteiger partial charge in [-0.15, -0.1) is 5.53 Å². The number of benzene rings is 2.